The van der Waals surface area contributed by atoms with Crippen molar-refractivity contribution in [2.75, 3.05) is 26.2 Å². The van der Waals surface area contributed by atoms with E-state index < -0.39 is 0 Å². The Labute approximate surface area is 108 Å². The fourth-order valence-electron chi connectivity index (χ4n) is 2.29. The summed E-state index contributed by atoms with van der Waals surface area (Å²) in [7, 11) is 0. The number of carbonyl (C=O) groups excluding carboxylic acids is 1. The molecule has 18 heavy (non-hydrogen) atoms. The number of aromatic nitrogens is 1. The Morgan fingerprint density at radius 3 is 2.50 bits per heavy atom. The second-order valence-electron chi connectivity index (χ2n) is 4.75. The molecule has 98 valence electrons. The number of amides is 1. The molecule has 0 aliphatic carbocycles. The zero-order valence-electron chi connectivity index (χ0n) is 10.8. The number of pyridine rings is 1. The SMILES string of the molecule is O=C(NCCN1CCCCCC1)c1ccncc1. The molecule has 0 bridgehead atoms. The third-order valence-corrected chi connectivity index (χ3v) is 3.35. The van der Waals surface area contributed by atoms with Crippen LogP contribution in [0.5, 0.6) is 0 Å². The van der Waals surface area contributed by atoms with Gasteiger partial charge in [0.2, 0.25) is 0 Å². The van der Waals surface area contributed by atoms with Crippen LogP contribution in [-0.4, -0.2) is 42.0 Å². The Bertz CT molecular complexity index is 359. The summed E-state index contributed by atoms with van der Waals surface area (Å²) in [5, 5.41) is 2.96. The van der Waals surface area contributed by atoms with Crippen LogP contribution in [0.2, 0.25) is 0 Å². The van der Waals surface area contributed by atoms with Crippen LogP contribution in [0.3, 0.4) is 0 Å². The summed E-state index contributed by atoms with van der Waals surface area (Å²) in [6, 6.07) is 3.47. The molecular weight excluding hydrogens is 226 g/mol. The van der Waals surface area contributed by atoms with Gasteiger partial charge in [0.1, 0.15) is 0 Å². The first kappa shape index (κ1) is 13.0. The van der Waals surface area contributed by atoms with Gasteiger partial charge in [0.15, 0.2) is 0 Å². The minimum absolute atomic E-state index is 0.00720. The smallest absolute Gasteiger partial charge is 0.251 e. The Kier molecular flexibility index (Phi) is 5.15. The third kappa shape index (κ3) is 4.11. The van der Waals surface area contributed by atoms with Crippen LogP contribution in [0.15, 0.2) is 24.5 Å². The molecule has 0 aromatic carbocycles. The van der Waals surface area contributed by atoms with Crippen LogP contribution in [0.4, 0.5) is 0 Å². The number of hydrogen-bond acceptors (Lipinski definition) is 3. The molecule has 4 nitrogen and oxygen atoms in total. The van der Waals surface area contributed by atoms with Crippen molar-refractivity contribution in [1.29, 1.82) is 0 Å². The largest absolute Gasteiger partial charge is 0.351 e. The highest BCUT2D eigenvalue weighted by Crippen LogP contribution is 2.08. The van der Waals surface area contributed by atoms with Crippen molar-refractivity contribution in [2.45, 2.75) is 25.7 Å². The predicted octanol–water partition coefficient (Wildman–Crippen LogP) is 1.69. The second-order valence-corrected chi connectivity index (χ2v) is 4.75. The van der Waals surface area contributed by atoms with Gasteiger partial charge >= 0.3 is 0 Å². The standard InChI is InChI=1S/C14H21N3O/c18-14(13-5-7-15-8-6-13)16-9-12-17-10-3-1-2-4-11-17/h5-8H,1-4,9-12H2,(H,16,18). The molecule has 1 aliphatic rings. The summed E-state index contributed by atoms with van der Waals surface area (Å²) < 4.78 is 0. The highest BCUT2D eigenvalue weighted by molar-refractivity contribution is 5.93. The Balaban J connectivity index is 1.70. The lowest BCUT2D eigenvalue weighted by Crippen LogP contribution is -2.35. The van der Waals surface area contributed by atoms with Crippen molar-refractivity contribution in [3.05, 3.63) is 30.1 Å². The van der Waals surface area contributed by atoms with Crippen molar-refractivity contribution in [3.63, 3.8) is 0 Å². The van der Waals surface area contributed by atoms with Crippen LogP contribution >= 0.6 is 0 Å². The highest BCUT2D eigenvalue weighted by Gasteiger charge is 2.09. The van der Waals surface area contributed by atoms with Gasteiger partial charge in [0.25, 0.3) is 5.91 Å². The zero-order valence-corrected chi connectivity index (χ0v) is 10.8. The third-order valence-electron chi connectivity index (χ3n) is 3.35. The van der Waals surface area contributed by atoms with E-state index in [9.17, 15) is 4.79 Å². The van der Waals surface area contributed by atoms with Crippen LogP contribution in [0.25, 0.3) is 0 Å². The quantitative estimate of drug-likeness (QED) is 0.880. The Hall–Kier alpha value is -1.42. The molecule has 1 fully saturated rings. The average Bonchev–Trinajstić information content (AvgIpc) is 2.68. The number of hydrogen-bond donors (Lipinski definition) is 1. The van der Waals surface area contributed by atoms with Gasteiger partial charge in [-0.2, -0.15) is 0 Å². The van der Waals surface area contributed by atoms with E-state index >= 15 is 0 Å². The maximum atomic E-state index is 11.8. The van der Waals surface area contributed by atoms with Crippen LogP contribution in [0.1, 0.15) is 36.0 Å². The molecule has 1 aromatic rings. The van der Waals surface area contributed by atoms with E-state index in [1.54, 1.807) is 24.5 Å². The van der Waals surface area contributed by atoms with E-state index in [0.717, 1.165) is 13.1 Å². The molecule has 1 amide bonds. The number of carbonyl (C=O) groups is 1. The fraction of sp³-hybridized carbons (Fsp3) is 0.571. The van der Waals surface area contributed by atoms with Gasteiger partial charge in [0.05, 0.1) is 0 Å². The van der Waals surface area contributed by atoms with E-state index in [-0.39, 0.29) is 5.91 Å². The molecule has 2 rings (SSSR count). The van der Waals surface area contributed by atoms with Gasteiger partial charge in [-0.05, 0) is 38.1 Å². The minimum atomic E-state index is -0.00720. The van der Waals surface area contributed by atoms with Crippen molar-refractivity contribution >= 4 is 5.91 Å². The zero-order chi connectivity index (χ0) is 12.6. The minimum Gasteiger partial charge on any atom is -0.351 e. The Morgan fingerprint density at radius 1 is 1.17 bits per heavy atom. The summed E-state index contributed by atoms with van der Waals surface area (Å²) in [6.07, 6.45) is 8.56. The average molecular weight is 247 g/mol. The molecule has 0 atom stereocenters. The topological polar surface area (TPSA) is 45.2 Å². The summed E-state index contributed by atoms with van der Waals surface area (Å²) in [5.74, 6) is -0.00720. The summed E-state index contributed by atoms with van der Waals surface area (Å²) in [4.78, 5) is 18.1. The predicted molar refractivity (Wildman–Crippen MR) is 71.5 cm³/mol. The lowest BCUT2D eigenvalue weighted by atomic mass is 10.2. The lowest BCUT2D eigenvalue weighted by Gasteiger charge is -2.19. The molecule has 1 aliphatic heterocycles. The monoisotopic (exact) mass is 247 g/mol. The summed E-state index contributed by atoms with van der Waals surface area (Å²) in [6.45, 7) is 4.02. The maximum Gasteiger partial charge on any atom is 0.251 e. The first-order valence-electron chi connectivity index (χ1n) is 6.77. The normalized spacial score (nSPS) is 17.1. The maximum absolute atomic E-state index is 11.8. The summed E-state index contributed by atoms with van der Waals surface area (Å²) in [5.41, 5.74) is 0.681. The van der Waals surface area contributed by atoms with Crippen LogP contribution < -0.4 is 5.32 Å². The second kappa shape index (κ2) is 7.11. The van der Waals surface area contributed by atoms with Gasteiger partial charge in [-0.15, -0.1) is 0 Å². The van der Waals surface area contributed by atoms with E-state index in [0.29, 0.717) is 5.56 Å². The van der Waals surface area contributed by atoms with Crippen molar-refractivity contribution in [1.82, 2.24) is 15.2 Å². The highest BCUT2D eigenvalue weighted by atomic mass is 16.1. The number of likely N-dealkylation sites (tertiary alicyclic amines) is 1. The molecule has 0 spiro atoms. The summed E-state index contributed by atoms with van der Waals surface area (Å²) >= 11 is 0. The molecule has 2 heterocycles. The van der Waals surface area contributed by atoms with E-state index in [1.807, 2.05) is 0 Å². The van der Waals surface area contributed by atoms with Gasteiger partial charge in [-0.1, -0.05) is 12.8 Å². The van der Waals surface area contributed by atoms with E-state index in [4.69, 9.17) is 0 Å². The first-order valence-corrected chi connectivity index (χ1v) is 6.77. The fourth-order valence-corrected chi connectivity index (χ4v) is 2.29. The first-order chi connectivity index (χ1) is 8.86. The van der Waals surface area contributed by atoms with E-state index in [1.165, 1.54) is 38.8 Å². The van der Waals surface area contributed by atoms with Gasteiger partial charge < -0.3 is 10.2 Å². The van der Waals surface area contributed by atoms with Gasteiger partial charge in [0, 0.05) is 31.0 Å². The molecule has 1 saturated heterocycles. The number of nitrogens with zero attached hydrogens (tertiary/aromatic N) is 2. The van der Waals surface area contributed by atoms with Crippen molar-refractivity contribution in [3.8, 4) is 0 Å². The molecule has 0 unspecified atom stereocenters. The van der Waals surface area contributed by atoms with Crippen LogP contribution in [-0.2, 0) is 0 Å². The molecule has 0 radical (unpaired) electrons. The molecule has 1 aromatic heterocycles. The lowest BCUT2D eigenvalue weighted by molar-refractivity contribution is 0.0948. The van der Waals surface area contributed by atoms with Crippen molar-refractivity contribution in [2.24, 2.45) is 0 Å². The van der Waals surface area contributed by atoms with Crippen molar-refractivity contribution < 1.29 is 4.79 Å². The Morgan fingerprint density at radius 2 is 1.83 bits per heavy atom. The van der Waals surface area contributed by atoms with E-state index in [2.05, 4.69) is 15.2 Å². The molecule has 1 N–H and O–H groups in total. The molecule has 0 saturated carbocycles. The molecule has 4 heteroatoms. The van der Waals surface area contributed by atoms with Crippen LogP contribution in [0, 0.1) is 0 Å². The van der Waals surface area contributed by atoms with Gasteiger partial charge in [-0.25, -0.2) is 0 Å². The molecular formula is C14H21N3O. The number of rotatable bonds is 4. The number of nitrogens with one attached hydrogen (secondary N) is 1. The van der Waals surface area contributed by atoms with Gasteiger partial charge in [-0.3, -0.25) is 9.78 Å².